The Balaban J connectivity index is 1.94. The molecule has 1 aliphatic heterocycles. The summed E-state index contributed by atoms with van der Waals surface area (Å²) in [5.41, 5.74) is -0.937. The molecule has 2 fully saturated rings. The number of hydrogen-bond donors (Lipinski definition) is 0. The van der Waals surface area contributed by atoms with Crippen LogP contribution in [0.15, 0.2) is 0 Å². The maximum absolute atomic E-state index is 11.9. The quantitative estimate of drug-likeness (QED) is 0.706. The first-order valence-electron chi connectivity index (χ1n) is 6.43. The number of esters is 1. The molecule has 0 radical (unpaired) electrons. The van der Waals surface area contributed by atoms with Gasteiger partial charge in [0.1, 0.15) is 5.60 Å². The molecule has 1 saturated carbocycles. The van der Waals surface area contributed by atoms with Crippen LogP contribution in [-0.4, -0.2) is 42.3 Å². The predicted octanol–water partition coefficient (Wildman–Crippen LogP) is 1.81. The number of ether oxygens (including phenoxy) is 2. The van der Waals surface area contributed by atoms with Gasteiger partial charge in [-0.05, 0) is 40.0 Å². The Morgan fingerprint density at radius 3 is 2.61 bits per heavy atom. The number of fused-ring (bicyclic) bond motifs is 1. The van der Waals surface area contributed by atoms with E-state index in [1.54, 1.807) is 11.8 Å². The van der Waals surface area contributed by atoms with E-state index in [-0.39, 0.29) is 18.0 Å². The lowest BCUT2D eigenvalue weighted by Crippen LogP contribution is -2.38. The summed E-state index contributed by atoms with van der Waals surface area (Å²) in [5, 5.41) is 0. The van der Waals surface area contributed by atoms with Gasteiger partial charge in [0.25, 0.3) is 0 Å². The van der Waals surface area contributed by atoms with Gasteiger partial charge in [-0.15, -0.1) is 0 Å². The van der Waals surface area contributed by atoms with Gasteiger partial charge in [-0.2, -0.15) is 0 Å². The lowest BCUT2D eigenvalue weighted by Gasteiger charge is -2.26. The van der Waals surface area contributed by atoms with Crippen molar-refractivity contribution in [2.24, 2.45) is 11.3 Å². The molecule has 2 aliphatic rings. The zero-order valence-electron chi connectivity index (χ0n) is 11.5. The van der Waals surface area contributed by atoms with Crippen molar-refractivity contribution in [1.29, 1.82) is 0 Å². The summed E-state index contributed by atoms with van der Waals surface area (Å²) < 4.78 is 10.4. The summed E-state index contributed by atoms with van der Waals surface area (Å²) in [6.45, 7) is 8.74. The Hall–Kier alpha value is -1.26. The highest BCUT2D eigenvalue weighted by Crippen LogP contribution is 2.58. The molecule has 1 saturated heterocycles. The second-order valence-corrected chi connectivity index (χ2v) is 6.14. The highest BCUT2D eigenvalue weighted by Gasteiger charge is 2.67. The zero-order chi connectivity index (χ0) is 13.6. The average molecular weight is 255 g/mol. The molecule has 0 bridgehead atoms. The highest BCUT2D eigenvalue weighted by molar-refractivity contribution is 5.83. The van der Waals surface area contributed by atoms with Crippen LogP contribution in [0.1, 0.15) is 34.1 Å². The van der Waals surface area contributed by atoms with E-state index < -0.39 is 11.0 Å². The topological polar surface area (TPSA) is 55.8 Å². The normalized spacial score (nSPS) is 29.8. The summed E-state index contributed by atoms with van der Waals surface area (Å²) in [5.74, 6) is 0.0881. The Morgan fingerprint density at radius 2 is 2.06 bits per heavy atom. The highest BCUT2D eigenvalue weighted by atomic mass is 16.6. The molecule has 0 N–H and O–H groups in total. The van der Waals surface area contributed by atoms with Crippen molar-refractivity contribution in [3.05, 3.63) is 0 Å². The first-order chi connectivity index (χ1) is 8.28. The summed E-state index contributed by atoms with van der Waals surface area (Å²) in [4.78, 5) is 25.4. The molecule has 0 aromatic heterocycles. The van der Waals surface area contributed by atoms with Gasteiger partial charge < -0.3 is 14.4 Å². The number of carbonyl (C=O) groups excluding carboxylic acids is 2. The van der Waals surface area contributed by atoms with Crippen molar-refractivity contribution in [3.63, 3.8) is 0 Å². The standard InChI is InChI=1S/C13H21NO4/c1-5-17-10(15)13-6-9(13)7-14(8-13)11(16)18-12(2,3)4/h9H,5-8H2,1-4H3/t9-,13-/m0/s1. The molecular weight excluding hydrogens is 234 g/mol. The molecular formula is C13H21NO4. The molecule has 0 spiro atoms. The van der Waals surface area contributed by atoms with Crippen LogP contribution in [0.3, 0.4) is 0 Å². The summed E-state index contributed by atoms with van der Waals surface area (Å²) >= 11 is 0. The van der Waals surface area contributed by atoms with E-state index in [1.807, 2.05) is 20.8 Å². The minimum absolute atomic E-state index is 0.166. The third-order valence-electron chi connectivity index (χ3n) is 3.48. The fourth-order valence-corrected chi connectivity index (χ4v) is 2.54. The maximum Gasteiger partial charge on any atom is 0.410 e. The summed E-state index contributed by atoms with van der Waals surface area (Å²) in [6, 6.07) is 0. The predicted molar refractivity (Wildman–Crippen MR) is 65.0 cm³/mol. The molecule has 1 heterocycles. The van der Waals surface area contributed by atoms with Crippen LogP contribution in [0.2, 0.25) is 0 Å². The number of amides is 1. The van der Waals surface area contributed by atoms with Gasteiger partial charge in [-0.25, -0.2) is 4.79 Å². The lowest BCUT2D eigenvalue weighted by molar-refractivity contribution is -0.149. The molecule has 1 aliphatic carbocycles. The minimum atomic E-state index is -0.499. The van der Waals surface area contributed by atoms with Gasteiger partial charge in [0.2, 0.25) is 0 Å². The maximum atomic E-state index is 11.9. The van der Waals surface area contributed by atoms with Crippen molar-refractivity contribution in [2.75, 3.05) is 19.7 Å². The molecule has 0 aromatic carbocycles. The monoisotopic (exact) mass is 255 g/mol. The lowest BCUT2D eigenvalue weighted by atomic mass is 10.1. The average Bonchev–Trinajstić information content (AvgIpc) is 2.80. The van der Waals surface area contributed by atoms with Crippen molar-refractivity contribution in [2.45, 2.75) is 39.7 Å². The fraction of sp³-hybridized carbons (Fsp3) is 0.846. The van der Waals surface area contributed by atoms with Gasteiger partial charge in [0, 0.05) is 13.1 Å². The first-order valence-corrected chi connectivity index (χ1v) is 6.43. The van der Waals surface area contributed by atoms with E-state index in [0.29, 0.717) is 19.7 Å². The molecule has 2 rings (SSSR count). The largest absolute Gasteiger partial charge is 0.466 e. The minimum Gasteiger partial charge on any atom is -0.466 e. The SMILES string of the molecule is CCOC(=O)[C@]12C[C@H]1CN(C(=O)OC(C)(C)C)C2. The molecule has 102 valence electrons. The van der Waals surface area contributed by atoms with Crippen LogP contribution in [0.5, 0.6) is 0 Å². The van der Waals surface area contributed by atoms with Crippen molar-refractivity contribution in [1.82, 2.24) is 4.90 Å². The molecule has 5 nitrogen and oxygen atoms in total. The molecule has 5 heteroatoms. The smallest absolute Gasteiger partial charge is 0.410 e. The number of rotatable bonds is 2. The number of nitrogens with zero attached hydrogens (tertiary/aromatic N) is 1. The third kappa shape index (κ3) is 2.31. The van der Waals surface area contributed by atoms with Gasteiger partial charge in [0.15, 0.2) is 0 Å². The Morgan fingerprint density at radius 1 is 1.39 bits per heavy atom. The van der Waals surface area contributed by atoms with E-state index in [9.17, 15) is 9.59 Å². The van der Waals surface area contributed by atoms with E-state index in [2.05, 4.69) is 0 Å². The molecule has 1 amide bonds. The van der Waals surface area contributed by atoms with Crippen LogP contribution in [0.4, 0.5) is 4.79 Å². The van der Waals surface area contributed by atoms with E-state index in [4.69, 9.17) is 9.47 Å². The first kappa shape index (κ1) is 13.2. The van der Waals surface area contributed by atoms with Crippen LogP contribution in [0.25, 0.3) is 0 Å². The number of likely N-dealkylation sites (tertiary alicyclic amines) is 1. The van der Waals surface area contributed by atoms with Gasteiger partial charge in [0.05, 0.1) is 12.0 Å². The molecule has 18 heavy (non-hydrogen) atoms. The number of carbonyl (C=O) groups is 2. The Bertz CT molecular complexity index is 374. The van der Waals surface area contributed by atoms with Crippen LogP contribution in [0, 0.1) is 11.3 Å². The molecule has 0 aromatic rings. The Kier molecular flexibility index (Phi) is 3.03. The van der Waals surface area contributed by atoms with Crippen LogP contribution < -0.4 is 0 Å². The van der Waals surface area contributed by atoms with Crippen molar-refractivity contribution >= 4 is 12.1 Å². The zero-order valence-corrected chi connectivity index (χ0v) is 11.5. The van der Waals surface area contributed by atoms with Crippen LogP contribution >= 0.6 is 0 Å². The number of hydrogen-bond acceptors (Lipinski definition) is 4. The second kappa shape index (κ2) is 4.14. The van der Waals surface area contributed by atoms with Crippen molar-refractivity contribution < 1.29 is 19.1 Å². The number of piperidine rings is 1. The third-order valence-corrected chi connectivity index (χ3v) is 3.48. The van der Waals surface area contributed by atoms with Crippen LogP contribution in [-0.2, 0) is 14.3 Å². The fourth-order valence-electron chi connectivity index (χ4n) is 2.54. The Labute approximate surface area is 107 Å². The van der Waals surface area contributed by atoms with E-state index >= 15 is 0 Å². The van der Waals surface area contributed by atoms with Gasteiger partial charge >= 0.3 is 12.1 Å². The molecule has 0 unspecified atom stereocenters. The molecule has 2 atom stereocenters. The summed E-state index contributed by atoms with van der Waals surface area (Å²) in [7, 11) is 0. The summed E-state index contributed by atoms with van der Waals surface area (Å²) in [6.07, 6.45) is 0.504. The van der Waals surface area contributed by atoms with Gasteiger partial charge in [-0.3, -0.25) is 4.79 Å². The van der Waals surface area contributed by atoms with E-state index in [1.165, 1.54) is 0 Å². The van der Waals surface area contributed by atoms with E-state index in [0.717, 1.165) is 6.42 Å². The van der Waals surface area contributed by atoms with Gasteiger partial charge in [-0.1, -0.05) is 0 Å². The second-order valence-electron chi connectivity index (χ2n) is 6.14. The van der Waals surface area contributed by atoms with Crippen molar-refractivity contribution in [3.8, 4) is 0 Å².